The Morgan fingerprint density at radius 2 is 1.54 bits per heavy atom. The first kappa shape index (κ1) is 20.4. The zero-order chi connectivity index (χ0) is 20.7. The average Bonchev–Trinajstić information content (AvgIpc) is 2.82. The lowest BCUT2D eigenvalue weighted by molar-refractivity contribution is -0.137. The van der Waals surface area contributed by atoms with Gasteiger partial charge in [0, 0.05) is 11.3 Å². The Hall–Kier alpha value is -2.32. The first-order valence-electron chi connectivity index (χ1n) is 8.83. The van der Waals surface area contributed by atoms with E-state index in [1.165, 1.54) is 12.1 Å². The Bertz CT molecular complexity index is 863. The van der Waals surface area contributed by atoms with Gasteiger partial charge in [-0.1, -0.05) is 18.2 Å². The molecule has 2 aromatic rings. The molecule has 8 heteroatoms. The molecule has 0 aromatic heterocycles. The summed E-state index contributed by atoms with van der Waals surface area (Å²) >= 11 is 0. The number of halogens is 3. The van der Waals surface area contributed by atoms with E-state index in [1.54, 1.807) is 24.3 Å². The van der Waals surface area contributed by atoms with E-state index in [9.17, 15) is 18.0 Å². The normalized spacial score (nSPS) is 18.2. The van der Waals surface area contributed by atoms with Crippen molar-refractivity contribution < 1.29 is 27.3 Å². The van der Waals surface area contributed by atoms with Gasteiger partial charge < -0.3 is 14.6 Å². The van der Waals surface area contributed by atoms with Crippen molar-refractivity contribution in [3.63, 3.8) is 0 Å². The summed E-state index contributed by atoms with van der Waals surface area (Å²) in [5.74, 6) is -0.616. The molecule has 1 amide bonds. The molecule has 0 aliphatic carbocycles. The molecule has 1 fully saturated rings. The van der Waals surface area contributed by atoms with Crippen molar-refractivity contribution in [1.82, 2.24) is 0 Å². The SMILES string of the molecule is CC1(C)OB(c2ccc(NC(=O)c3cccc(C(F)(F)F)c3)cc2)OC1(C)C. The molecule has 2 aromatic carbocycles. The van der Waals surface area contributed by atoms with Crippen molar-refractivity contribution in [3.8, 4) is 0 Å². The maximum atomic E-state index is 12.8. The lowest BCUT2D eigenvalue weighted by Gasteiger charge is -2.32. The molecule has 0 spiro atoms. The van der Waals surface area contributed by atoms with Crippen LogP contribution in [-0.2, 0) is 15.5 Å². The molecule has 1 N–H and O–H groups in total. The number of hydrogen-bond donors (Lipinski definition) is 1. The van der Waals surface area contributed by atoms with Gasteiger partial charge in [0.1, 0.15) is 0 Å². The molecule has 1 aliphatic heterocycles. The van der Waals surface area contributed by atoms with Crippen molar-refractivity contribution >= 4 is 24.2 Å². The predicted octanol–water partition coefficient (Wildman–Crippen LogP) is 4.26. The minimum Gasteiger partial charge on any atom is -0.399 e. The van der Waals surface area contributed by atoms with E-state index < -0.39 is 36.0 Å². The number of benzene rings is 2. The summed E-state index contributed by atoms with van der Waals surface area (Å²) in [4.78, 5) is 12.3. The second kappa shape index (κ2) is 6.94. The smallest absolute Gasteiger partial charge is 0.399 e. The van der Waals surface area contributed by atoms with Crippen molar-refractivity contribution in [2.75, 3.05) is 5.32 Å². The van der Waals surface area contributed by atoms with E-state index >= 15 is 0 Å². The Labute approximate surface area is 162 Å². The van der Waals surface area contributed by atoms with Crippen LogP contribution in [0.15, 0.2) is 48.5 Å². The molecule has 1 saturated heterocycles. The molecule has 28 heavy (non-hydrogen) atoms. The average molecular weight is 391 g/mol. The van der Waals surface area contributed by atoms with E-state index in [0.717, 1.165) is 17.6 Å². The Balaban J connectivity index is 1.71. The second-order valence-corrected chi connectivity index (χ2v) is 7.74. The highest BCUT2D eigenvalue weighted by atomic mass is 19.4. The third-order valence-corrected chi connectivity index (χ3v) is 5.15. The van der Waals surface area contributed by atoms with E-state index in [-0.39, 0.29) is 5.56 Å². The number of alkyl halides is 3. The lowest BCUT2D eigenvalue weighted by atomic mass is 9.79. The minimum atomic E-state index is -4.50. The van der Waals surface area contributed by atoms with Gasteiger partial charge in [0.25, 0.3) is 5.91 Å². The minimum absolute atomic E-state index is 0.0649. The third-order valence-electron chi connectivity index (χ3n) is 5.15. The molecule has 0 radical (unpaired) electrons. The van der Waals surface area contributed by atoms with Gasteiger partial charge in [0.15, 0.2) is 0 Å². The van der Waals surface area contributed by atoms with Gasteiger partial charge in [-0.15, -0.1) is 0 Å². The van der Waals surface area contributed by atoms with Crippen LogP contribution >= 0.6 is 0 Å². The maximum absolute atomic E-state index is 12.8. The van der Waals surface area contributed by atoms with Gasteiger partial charge in [-0.2, -0.15) is 13.2 Å². The standard InChI is InChI=1S/C20H21BF3NO3/c1-18(2)19(3,4)28-21(27-18)15-8-10-16(11-9-15)25-17(26)13-6-5-7-14(12-13)20(22,23)24/h5-12H,1-4H3,(H,25,26). The molecule has 0 atom stereocenters. The number of nitrogens with one attached hydrogen (secondary N) is 1. The summed E-state index contributed by atoms with van der Waals surface area (Å²) < 4.78 is 50.4. The zero-order valence-corrected chi connectivity index (χ0v) is 16.1. The van der Waals surface area contributed by atoms with Crippen molar-refractivity contribution in [1.29, 1.82) is 0 Å². The molecule has 1 heterocycles. The molecule has 3 rings (SSSR count). The predicted molar refractivity (Wildman–Crippen MR) is 102 cm³/mol. The first-order chi connectivity index (χ1) is 12.9. The van der Waals surface area contributed by atoms with Crippen LogP contribution in [0.25, 0.3) is 0 Å². The molecular weight excluding hydrogens is 370 g/mol. The van der Waals surface area contributed by atoms with Gasteiger partial charge in [-0.05, 0) is 63.5 Å². The molecule has 0 bridgehead atoms. The van der Waals surface area contributed by atoms with E-state index in [0.29, 0.717) is 5.69 Å². The quantitative estimate of drug-likeness (QED) is 0.796. The highest BCUT2D eigenvalue weighted by Crippen LogP contribution is 2.36. The summed E-state index contributed by atoms with van der Waals surface area (Å²) in [5, 5.41) is 2.60. The number of hydrogen-bond acceptors (Lipinski definition) is 3. The van der Waals surface area contributed by atoms with E-state index in [2.05, 4.69) is 5.32 Å². The fourth-order valence-corrected chi connectivity index (χ4v) is 2.74. The topological polar surface area (TPSA) is 47.6 Å². The molecule has 1 aliphatic rings. The monoisotopic (exact) mass is 391 g/mol. The number of anilines is 1. The number of carbonyl (C=O) groups excluding carboxylic acids is 1. The molecular formula is C20H21BF3NO3. The lowest BCUT2D eigenvalue weighted by Crippen LogP contribution is -2.41. The van der Waals surface area contributed by atoms with Gasteiger partial charge in [0.05, 0.1) is 16.8 Å². The highest BCUT2D eigenvalue weighted by molar-refractivity contribution is 6.62. The Kier molecular flexibility index (Phi) is 5.06. The fraction of sp³-hybridized carbons (Fsp3) is 0.350. The first-order valence-corrected chi connectivity index (χ1v) is 8.83. The van der Waals surface area contributed by atoms with Crippen LogP contribution in [0.3, 0.4) is 0 Å². The summed E-state index contributed by atoms with van der Waals surface area (Å²) in [5.41, 5.74) is -0.609. The van der Waals surface area contributed by atoms with Crippen LogP contribution in [-0.4, -0.2) is 24.2 Å². The molecule has 0 unspecified atom stereocenters. The van der Waals surface area contributed by atoms with Crippen LogP contribution in [0, 0.1) is 0 Å². The van der Waals surface area contributed by atoms with Gasteiger partial charge in [-0.3, -0.25) is 4.79 Å². The fourth-order valence-electron chi connectivity index (χ4n) is 2.74. The van der Waals surface area contributed by atoms with Crippen molar-refractivity contribution in [2.24, 2.45) is 0 Å². The van der Waals surface area contributed by atoms with Crippen LogP contribution < -0.4 is 10.8 Å². The Morgan fingerprint density at radius 1 is 0.964 bits per heavy atom. The summed E-state index contributed by atoms with van der Waals surface area (Å²) in [7, 11) is -0.529. The molecule has 4 nitrogen and oxygen atoms in total. The third kappa shape index (κ3) is 4.08. The van der Waals surface area contributed by atoms with E-state index in [1.807, 2.05) is 27.7 Å². The Morgan fingerprint density at radius 3 is 2.07 bits per heavy atom. The summed E-state index contributed by atoms with van der Waals surface area (Å²) in [6, 6.07) is 11.1. The molecule has 148 valence electrons. The van der Waals surface area contributed by atoms with Gasteiger partial charge >= 0.3 is 13.3 Å². The largest absolute Gasteiger partial charge is 0.494 e. The zero-order valence-electron chi connectivity index (χ0n) is 16.1. The summed E-state index contributed by atoms with van der Waals surface area (Å²) in [6.07, 6.45) is -4.50. The van der Waals surface area contributed by atoms with Crippen LogP contribution in [0.1, 0.15) is 43.6 Å². The van der Waals surface area contributed by atoms with Crippen molar-refractivity contribution in [3.05, 3.63) is 59.7 Å². The summed E-state index contributed by atoms with van der Waals surface area (Å²) in [6.45, 7) is 7.82. The second-order valence-electron chi connectivity index (χ2n) is 7.74. The van der Waals surface area contributed by atoms with Crippen LogP contribution in [0.2, 0.25) is 0 Å². The van der Waals surface area contributed by atoms with Crippen molar-refractivity contribution in [2.45, 2.75) is 45.1 Å². The van der Waals surface area contributed by atoms with E-state index in [4.69, 9.17) is 9.31 Å². The molecule has 0 saturated carbocycles. The number of carbonyl (C=O) groups is 1. The number of rotatable bonds is 3. The number of amides is 1. The highest BCUT2D eigenvalue weighted by Gasteiger charge is 2.51. The maximum Gasteiger partial charge on any atom is 0.494 e. The van der Waals surface area contributed by atoms with Crippen LogP contribution in [0.4, 0.5) is 18.9 Å². The van der Waals surface area contributed by atoms with Gasteiger partial charge in [0.2, 0.25) is 0 Å². The van der Waals surface area contributed by atoms with Crippen LogP contribution in [0.5, 0.6) is 0 Å². The van der Waals surface area contributed by atoms with Gasteiger partial charge in [-0.25, -0.2) is 0 Å².